The Morgan fingerprint density at radius 3 is 1.92 bits per heavy atom. The number of rotatable bonds is 1. The molecule has 0 saturated carbocycles. The lowest BCUT2D eigenvalue weighted by molar-refractivity contribution is 0.365. The summed E-state index contributed by atoms with van der Waals surface area (Å²) in [7, 11) is -3.02. The van der Waals surface area contributed by atoms with Crippen molar-refractivity contribution in [2.24, 2.45) is 11.8 Å². The third kappa shape index (κ3) is 1.50. The largest absolute Gasteiger partial charge is 0.214 e. The summed E-state index contributed by atoms with van der Waals surface area (Å²) in [5.41, 5.74) is 0. The maximum absolute atomic E-state index is 11.4. The van der Waals surface area contributed by atoms with Gasteiger partial charge in [0.05, 0.1) is 5.25 Å². The molecule has 0 spiro atoms. The van der Waals surface area contributed by atoms with Crippen LogP contribution in [0.2, 0.25) is 0 Å². The van der Waals surface area contributed by atoms with Crippen molar-refractivity contribution in [1.29, 1.82) is 0 Å². The summed E-state index contributed by atoms with van der Waals surface area (Å²) < 4.78 is 25.5. The van der Waals surface area contributed by atoms with Gasteiger partial charge in [-0.2, -0.15) is 0 Å². The molecule has 0 amide bonds. The molecule has 3 atom stereocenters. The lowest BCUT2D eigenvalue weighted by Gasteiger charge is -2.18. The van der Waals surface area contributed by atoms with Gasteiger partial charge in [0.1, 0.15) is 0 Å². The van der Waals surface area contributed by atoms with Crippen LogP contribution in [0.3, 0.4) is 0 Å². The summed E-state index contributed by atoms with van der Waals surface area (Å²) in [6.45, 7) is 7.85. The predicted molar refractivity (Wildman–Crippen MR) is 49.3 cm³/mol. The van der Waals surface area contributed by atoms with E-state index >= 15 is 0 Å². The van der Waals surface area contributed by atoms with E-state index in [2.05, 4.69) is 4.72 Å². The monoisotopic (exact) mass is 191 g/mol. The van der Waals surface area contributed by atoms with Gasteiger partial charge in [0.15, 0.2) is 0 Å². The van der Waals surface area contributed by atoms with E-state index in [0.717, 1.165) is 0 Å². The normalized spacial score (nSPS) is 40.6. The van der Waals surface area contributed by atoms with Crippen LogP contribution >= 0.6 is 0 Å². The van der Waals surface area contributed by atoms with Gasteiger partial charge >= 0.3 is 0 Å². The lowest BCUT2D eigenvalue weighted by atomic mass is 9.91. The summed E-state index contributed by atoms with van der Waals surface area (Å²) >= 11 is 0. The standard InChI is InChI=1S/C8H17NO2S/c1-5(2)8-6(3)7(4)12(10,11)9-8/h5-9H,1-4H3/t6-,7-,8-/m1/s1. The van der Waals surface area contributed by atoms with Gasteiger partial charge in [0.2, 0.25) is 10.0 Å². The second kappa shape index (κ2) is 3.00. The molecule has 0 aromatic carbocycles. The molecule has 72 valence electrons. The number of hydrogen-bond acceptors (Lipinski definition) is 2. The van der Waals surface area contributed by atoms with Crippen molar-refractivity contribution >= 4 is 10.0 Å². The first-order chi connectivity index (χ1) is 5.36. The van der Waals surface area contributed by atoms with Gasteiger partial charge < -0.3 is 0 Å². The zero-order chi connectivity index (χ0) is 9.52. The molecule has 0 bridgehead atoms. The Labute approximate surface area is 74.6 Å². The molecule has 3 nitrogen and oxygen atoms in total. The molecule has 0 radical (unpaired) electrons. The molecule has 1 aliphatic rings. The highest BCUT2D eigenvalue weighted by Gasteiger charge is 2.42. The Balaban J connectivity index is 2.89. The van der Waals surface area contributed by atoms with Gasteiger partial charge in [-0.15, -0.1) is 0 Å². The molecule has 0 aliphatic carbocycles. The van der Waals surface area contributed by atoms with Crippen molar-refractivity contribution in [3.63, 3.8) is 0 Å². The second-order valence-electron chi connectivity index (χ2n) is 4.00. The van der Waals surface area contributed by atoms with E-state index in [0.29, 0.717) is 5.92 Å². The molecular formula is C8H17NO2S. The van der Waals surface area contributed by atoms with Gasteiger partial charge in [0, 0.05) is 6.04 Å². The van der Waals surface area contributed by atoms with Crippen LogP contribution in [0.1, 0.15) is 27.7 Å². The fourth-order valence-corrected chi connectivity index (χ4v) is 3.54. The summed E-state index contributed by atoms with van der Waals surface area (Å²) in [4.78, 5) is 0. The van der Waals surface area contributed by atoms with Gasteiger partial charge in [-0.05, 0) is 18.8 Å². The van der Waals surface area contributed by atoms with E-state index in [9.17, 15) is 8.42 Å². The minimum absolute atomic E-state index is 0.116. The fraction of sp³-hybridized carbons (Fsp3) is 1.00. The summed E-state index contributed by atoms with van der Waals surface area (Å²) in [5.74, 6) is 0.592. The second-order valence-corrected chi connectivity index (χ2v) is 6.07. The lowest BCUT2D eigenvalue weighted by Crippen LogP contribution is -2.32. The molecule has 12 heavy (non-hydrogen) atoms. The molecular weight excluding hydrogens is 174 g/mol. The van der Waals surface area contributed by atoms with Crippen molar-refractivity contribution in [1.82, 2.24) is 4.72 Å². The number of sulfonamides is 1. The van der Waals surface area contributed by atoms with Crippen molar-refractivity contribution in [2.75, 3.05) is 0 Å². The molecule has 0 aromatic rings. The van der Waals surface area contributed by atoms with Crippen molar-refractivity contribution < 1.29 is 8.42 Å². The van der Waals surface area contributed by atoms with Crippen molar-refractivity contribution in [2.45, 2.75) is 39.0 Å². The van der Waals surface area contributed by atoms with E-state index in [-0.39, 0.29) is 17.2 Å². The van der Waals surface area contributed by atoms with Crippen molar-refractivity contribution in [3.05, 3.63) is 0 Å². The molecule has 1 rings (SSSR count). The summed E-state index contributed by atoms with van der Waals surface area (Å²) in [6, 6.07) is 0.116. The molecule has 0 unspecified atom stereocenters. The number of hydrogen-bond donors (Lipinski definition) is 1. The van der Waals surface area contributed by atoms with Crippen LogP contribution in [0.5, 0.6) is 0 Å². The molecule has 1 heterocycles. The van der Waals surface area contributed by atoms with Gasteiger partial charge in [-0.3, -0.25) is 0 Å². The Morgan fingerprint density at radius 2 is 1.75 bits per heavy atom. The molecule has 0 aromatic heterocycles. The van der Waals surface area contributed by atoms with Crippen LogP contribution in [-0.2, 0) is 10.0 Å². The molecule has 1 saturated heterocycles. The Hall–Kier alpha value is -0.0900. The summed E-state index contributed by atoms with van der Waals surface area (Å²) in [5, 5.41) is -0.245. The van der Waals surface area contributed by atoms with Crippen LogP contribution in [0.25, 0.3) is 0 Å². The van der Waals surface area contributed by atoms with Gasteiger partial charge in [-0.25, -0.2) is 13.1 Å². The minimum Gasteiger partial charge on any atom is -0.212 e. The summed E-state index contributed by atoms with van der Waals surface area (Å²) in [6.07, 6.45) is 0. The van der Waals surface area contributed by atoms with E-state index in [1.54, 1.807) is 6.92 Å². The third-order valence-electron chi connectivity index (χ3n) is 2.81. The van der Waals surface area contributed by atoms with Crippen LogP contribution in [0.4, 0.5) is 0 Å². The highest BCUT2D eigenvalue weighted by molar-refractivity contribution is 7.90. The van der Waals surface area contributed by atoms with Crippen LogP contribution in [-0.4, -0.2) is 19.7 Å². The average Bonchev–Trinajstić information content (AvgIpc) is 2.14. The topological polar surface area (TPSA) is 46.2 Å². The maximum atomic E-state index is 11.4. The van der Waals surface area contributed by atoms with Gasteiger partial charge in [0.25, 0.3) is 0 Å². The van der Waals surface area contributed by atoms with Gasteiger partial charge in [-0.1, -0.05) is 20.8 Å². The Bertz CT molecular complexity index is 258. The minimum atomic E-state index is -3.02. The quantitative estimate of drug-likeness (QED) is 0.671. The van der Waals surface area contributed by atoms with E-state index in [4.69, 9.17) is 0 Å². The SMILES string of the molecule is CC(C)[C@H]1NS(=O)(=O)[C@H](C)[C@H]1C. The first kappa shape index (κ1) is 9.99. The van der Waals surface area contributed by atoms with Crippen LogP contribution < -0.4 is 4.72 Å². The van der Waals surface area contributed by atoms with E-state index < -0.39 is 10.0 Å². The predicted octanol–water partition coefficient (Wildman–Crippen LogP) is 0.969. The zero-order valence-corrected chi connectivity index (χ0v) is 8.85. The van der Waals surface area contributed by atoms with Crippen LogP contribution in [0.15, 0.2) is 0 Å². The third-order valence-corrected chi connectivity index (χ3v) is 4.82. The molecule has 1 N–H and O–H groups in total. The number of nitrogens with one attached hydrogen (secondary N) is 1. The van der Waals surface area contributed by atoms with E-state index in [1.807, 2.05) is 20.8 Å². The smallest absolute Gasteiger partial charge is 0.212 e. The highest BCUT2D eigenvalue weighted by Crippen LogP contribution is 2.27. The first-order valence-corrected chi connectivity index (χ1v) is 5.92. The Kier molecular flexibility index (Phi) is 2.50. The molecule has 1 aliphatic heterocycles. The molecule has 1 fully saturated rings. The van der Waals surface area contributed by atoms with E-state index in [1.165, 1.54) is 0 Å². The first-order valence-electron chi connectivity index (χ1n) is 4.37. The van der Waals surface area contributed by atoms with Crippen LogP contribution in [0, 0.1) is 11.8 Å². The maximum Gasteiger partial charge on any atom is 0.214 e. The highest BCUT2D eigenvalue weighted by atomic mass is 32.2. The van der Waals surface area contributed by atoms with Crippen molar-refractivity contribution in [3.8, 4) is 0 Å². The zero-order valence-electron chi connectivity index (χ0n) is 8.03. The Morgan fingerprint density at radius 1 is 1.25 bits per heavy atom. The fourth-order valence-electron chi connectivity index (χ4n) is 1.72. The average molecular weight is 191 g/mol. The molecule has 4 heteroatoms.